The average Bonchev–Trinajstić information content (AvgIpc) is 3.08. The summed E-state index contributed by atoms with van der Waals surface area (Å²) in [4.78, 5) is 39.5. The number of benzene rings is 1. The number of para-hydroxylation sites is 1. The van der Waals surface area contributed by atoms with Crippen LogP contribution < -0.4 is 11.1 Å². The lowest BCUT2D eigenvalue weighted by molar-refractivity contribution is -0.142. The van der Waals surface area contributed by atoms with Gasteiger partial charge in [0.25, 0.3) is 0 Å². The van der Waals surface area contributed by atoms with Crippen molar-refractivity contribution in [2.45, 2.75) is 44.1 Å². The summed E-state index contributed by atoms with van der Waals surface area (Å²) < 4.78 is 39.7. The number of nitrogens with two attached hydrogens (primary N) is 1. The molecule has 1 aliphatic carbocycles. The molecule has 3 N–H and O–H groups in total. The van der Waals surface area contributed by atoms with E-state index in [9.17, 15) is 27.6 Å². The van der Waals surface area contributed by atoms with Crippen molar-refractivity contribution in [1.29, 1.82) is 0 Å². The number of amides is 3. The molecule has 3 aromatic rings. The largest absolute Gasteiger partial charge is 0.408 e. The Morgan fingerprint density at radius 2 is 1.91 bits per heavy atom. The van der Waals surface area contributed by atoms with Crippen LogP contribution in [-0.2, 0) is 17.8 Å². The van der Waals surface area contributed by atoms with Gasteiger partial charge in [-0.15, -0.1) is 0 Å². The molecule has 2 fully saturated rings. The average molecular weight is 474 g/mol. The number of primary amides is 1. The van der Waals surface area contributed by atoms with Gasteiger partial charge < -0.3 is 16.0 Å². The Kier molecular flexibility index (Phi) is 5.10. The minimum atomic E-state index is -4.41. The number of halogens is 3. The van der Waals surface area contributed by atoms with Crippen molar-refractivity contribution < 1.29 is 27.6 Å². The fourth-order valence-corrected chi connectivity index (χ4v) is 4.74. The number of nitrogens with one attached hydrogen (secondary N) is 1. The highest BCUT2D eigenvalue weighted by molar-refractivity contribution is 6.05. The summed E-state index contributed by atoms with van der Waals surface area (Å²) in [5.74, 6) is -0.0615. The van der Waals surface area contributed by atoms with Crippen LogP contribution in [0.5, 0.6) is 0 Å². The molecule has 1 saturated heterocycles. The van der Waals surface area contributed by atoms with E-state index in [1.54, 1.807) is 24.3 Å². The topological polar surface area (TPSA) is 115 Å². The molecule has 34 heavy (non-hydrogen) atoms. The summed E-state index contributed by atoms with van der Waals surface area (Å²) in [5.41, 5.74) is 6.58. The van der Waals surface area contributed by atoms with Crippen molar-refractivity contribution in [2.75, 3.05) is 5.32 Å². The fraction of sp³-hybridized carbons (Fsp3) is 0.364. The van der Waals surface area contributed by atoms with Crippen LogP contribution in [-0.4, -0.2) is 55.4 Å². The Hall–Kier alpha value is -3.83. The number of anilines is 1. The van der Waals surface area contributed by atoms with E-state index in [2.05, 4.69) is 10.4 Å². The molecule has 5 rings (SSSR count). The molecular weight excluding hydrogens is 453 g/mol. The third-order valence-electron chi connectivity index (χ3n) is 6.29. The van der Waals surface area contributed by atoms with Crippen LogP contribution in [0.2, 0.25) is 0 Å². The summed E-state index contributed by atoms with van der Waals surface area (Å²) in [7, 11) is 0. The summed E-state index contributed by atoms with van der Waals surface area (Å²) in [6.07, 6.45) is -0.660. The SMILES string of the molecule is NC(=O)n1cc(NC(=O)N2[C@@H]3C[C@@H]3C[C@H]2C(=O)Cc2ccn(CC(F)(F)F)n2)c2ccccc21. The number of urea groups is 1. The Morgan fingerprint density at radius 1 is 1.15 bits per heavy atom. The van der Waals surface area contributed by atoms with Crippen LogP contribution >= 0.6 is 0 Å². The highest BCUT2D eigenvalue weighted by atomic mass is 19.4. The molecular formula is C22H21F3N6O3. The summed E-state index contributed by atoms with van der Waals surface area (Å²) >= 11 is 0. The Balaban J connectivity index is 1.32. The van der Waals surface area contributed by atoms with Crippen LogP contribution in [0.15, 0.2) is 42.7 Å². The second-order valence-electron chi connectivity index (χ2n) is 8.68. The molecule has 12 heteroatoms. The van der Waals surface area contributed by atoms with Gasteiger partial charge in [0.05, 0.1) is 29.4 Å². The first kappa shape index (κ1) is 22.0. The Labute approximate surface area is 191 Å². The molecule has 2 aromatic heterocycles. The van der Waals surface area contributed by atoms with Gasteiger partial charge in [-0.1, -0.05) is 18.2 Å². The number of ketones is 1. The van der Waals surface area contributed by atoms with E-state index in [0.717, 1.165) is 11.1 Å². The molecule has 9 nitrogen and oxygen atoms in total. The van der Waals surface area contributed by atoms with Crippen molar-refractivity contribution >= 4 is 34.4 Å². The number of Topliss-reactive ketones (excluding diaryl/α,β-unsaturated/α-hetero) is 1. The molecule has 1 aliphatic heterocycles. The highest BCUT2D eigenvalue weighted by Crippen LogP contribution is 2.48. The fourth-order valence-electron chi connectivity index (χ4n) is 4.74. The molecule has 0 unspecified atom stereocenters. The molecule has 3 atom stereocenters. The molecule has 1 saturated carbocycles. The lowest BCUT2D eigenvalue weighted by Crippen LogP contribution is -2.45. The number of carbonyl (C=O) groups is 3. The number of hydrogen-bond donors (Lipinski definition) is 2. The van der Waals surface area contributed by atoms with Crippen molar-refractivity contribution in [1.82, 2.24) is 19.2 Å². The predicted molar refractivity (Wildman–Crippen MR) is 115 cm³/mol. The molecule has 1 aromatic carbocycles. The van der Waals surface area contributed by atoms with Crippen molar-refractivity contribution in [2.24, 2.45) is 11.7 Å². The van der Waals surface area contributed by atoms with E-state index in [-0.39, 0.29) is 29.9 Å². The second kappa shape index (κ2) is 7.89. The van der Waals surface area contributed by atoms with Crippen LogP contribution in [0, 0.1) is 5.92 Å². The summed E-state index contributed by atoms with van der Waals surface area (Å²) in [6.45, 7) is -1.23. The quantitative estimate of drug-likeness (QED) is 0.591. The molecule has 3 heterocycles. The number of likely N-dealkylation sites (tertiary alicyclic amines) is 1. The number of aromatic nitrogens is 3. The normalized spacial score (nSPS) is 21.5. The van der Waals surface area contributed by atoms with Gasteiger partial charge in [-0.3, -0.25) is 14.0 Å². The number of piperidine rings is 1. The molecule has 0 radical (unpaired) electrons. The lowest BCUT2D eigenvalue weighted by Gasteiger charge is -2.26. The molecule has 178 valence electrons. The number of alkyl halides is 3. The van der Waals surface area contributed by atoms with E-state index >= 15 is 0 Å². The van der Waals surface area contributed by atoms with Crippen LogP contribution in [0.4, 0.5) is 28.4 Å². The van der Waals surface area contributed by atoms with Gasteiger partial charge in [-0.05, 0) is 30.9 Å². The minimum Gasteiger partial charge on any atom is -0.351 e. The number of rotatable bonds is 5. The second-order valence-corrected chi connectivity index (χ2v) is 8.68. The summed E-state index contributed by atoms with van der Waals surface area (Å²) in [6, 6.07) is 6.40. The Bertz CT molecular complexity index is 1300. The van der Waals surface area contributed by atoms with E-state index in [4.69, 9.17) is 5.73 Å². The lowest BCUT2D eigenvalue weighted by atomic mass is 10.0. The van der Waals surface area contributed by atoms with Crippen molar-refractivity contribution in [3.63, 3.8) is 0 Å². The zero-order valence-corrected chi connectivity index (χ0v) is 17.8. The van der Waals surface area contributed by atoms with E-state index in [1.165, 1.54) is 27.9 Å². The number of hydrogen-bond acceptors (Lipinski definition) is 4. The van der Waals surface area contributed by atoms with Gasteiger partial charge >= 0.3 is 18.2 Å². The molecule has 2 aliphatic rings. The number of carbonyl (C=O) groups excluding carboxylic acids is 3. The minimum absolute atomic E-state index is 0.0683. The van der Waals surface area contributed by atoms with Crippen LogP contribution in [0.25, 0.3) is 10.9 Å². The maximum Gasteiger partial charge on any atom is 0.408 e. The first-order valence-corrected chi connectivity index (χ1v) is 10.7. The van der Waals surface area contributed by atoms with Crippen LogP contribution in [0.3, 0.4) is 0 Å². The summed E-state index contributed by atoms with van der Waals surface area (Å²) in [5, 5.41) is 7.26. The first-order valence-electron chi connectivity index (χ1n) is 10.7. The van der Waals surface area contributed by atoms with Gasteiger partial charge in [-0.25, -0.2) is 9.59 Å². The zero-order chi connectivity index (χ0) is 24.2. The maximum atomic E-state index is 13.2. The molecule has 3 amide bonds. The predicted octanol–water partition coefficient (Wildman–Crippen LogP) is 3.13. The first-order chi connectivity index (χ1) is 16.1. The third kappa shape index (κ3) is 4.11. The van der Waals surface area contributed by atoms with Gasteiger partial charge in [-0.2, -0.15) is 18.3 Å². The monoisotopic (exact) mass is 474 g/mol. The number of nitrogens with zero attached hydrogens (tertiary/aromatic N) is 4. The Morgan fingerprint density at radius 3 is 2.65 bits per heavy atom. The van der Waals surface area contributed by atoms with Gasteiger partial charge in [0.1, 0.15) is 6.54 Å². The van der Waals surface area contributed by atoms with Gasteiger partial charge in [0, 0.05) is 23.8 Å². The molecule has 0 bridgehead atoms. The van der Waals surface area contributed by atoms with Crippen LogP contribution in [0.1, 0.15) is 18.5 Å². The van der Waals surface area contributed by atoms with Crippen molar-refractivity contribution in [3.05, 3.63) is 48.4 Å². The van der Waals surface area contributed by atoms with Gasteiger partial charge in [0.15, 0.2) is 5.78 Å². The maximum absolute atomic E-state index is 13.2. The highest BCUT2D eigenvalue weighted by Gasteiger charge is 2.56. The van der Waals surface area contributed by atoms with E-state index in [0.29, 0.717) is 23.0 Å². The van der Waals surface area contributed by atoms with Crippen molar-refractivity contribution in [3.8, 4) is 0 Å². The van der Waals surface area contributed by atoms with E-state index < -0.39 is 30.8 Å². The smallest absolute Gasteiger partial charge is 0.351 e. The molecule has 0 spiro atoms. The zero-order valence-electron chi connectivity index (χ0n) is 17.8. The van der Waals surface area contributed by atoms with Gasteiger partial charge in [0.2, 0.25) is 0 Å². The number of fused-ring (bicyclic) bond motifs is 2. The standard InChI is InChI=1S/C22H21F3N6O3/c23-22(24,25)11-29-6-5-13(28-29)9-19(32)18-8-12-7-17(12)31(18)21(34)27-15-10-30(20(26)33)16-4-2-1-3-14(15)16/h1-6,10,12,17-18H,7-9,11H2,(H2,26,33)(H,27,34)/t12-,17-,18+/m1/s1. The van der Waals surface area contributed by atoms with E-state index in [1.807, 2.05) is 0 Å². The third-order valence-corrected chi connectivity index (χ3v) is 6.29.